The second-order valence-corrected chi connectivity index (χ2v) is 7.25. The number of rotatable bonds is 3. The summed E-state index contributed by atoms with van der Waals surface area (Å²) in [5, 5.41) is 10.1. The van der Waals surface area contributed by atoms with Crippen LogP contribution in [0.3, 0.4) is 0 Å². The van der Waals surface area contributed by atoms with E-state index in [2.05, 4.69) is 32.7 Å². The van der Waals surface area contributed by atoms with Crippen LogP contribution in [0.5, 0.6) is 0 Å². The summed E-state index contributed by atoms with van der Waals surface area (Å²) in [5.41, 5.74) is 1.55. The predicted molar refractivity (Wildman–Crippen MR) is 85.5 cm³/mol. The monoisotopic (exact) mass is 302 g/mol. The molecule has 4 rings (SSSR count). The third-order valence-corrected chi connectivity index (χ3v) is 5.60. The lowest BCUT2D eigenvalue weighted by molar-refractivity contribution is -0.115. The average molecular weight is 302 g/mol. The summed E-state index contributed by atoms with van der Waals surface area (Å²) in [5.74, 6) is 0. The van der Waals surface area contributed by atoms with Gasteiger partial charge in [0, 0.05) is 57.7 Å². The first-order valence-corrected chi connectivity index (χ1v) is 8.47. The van der Waals surface area contributed by atoms with Crippen molar-refractivity contribution in [2.45, 2.75) is 37.6 Å². The van der Waals surface area contributed by atoms with Crippen molar-refractivity contribution in [2.24, 2.45) is 0 Å². The molecule has 3 aliphatic heterocycles. The Morgan fingerprint density at radius 1 is 1.27 bits per heavy atom. The molecule has 5 heteroatoms. The van der Waals surface area contributed by atoms with Gasteiger partial charge in [0.25, 0.3) is 0 Å². The lowest BCUT2D eigenvalue weighted by Gasteiger charge is -2.61. The summed E-state index contributed by atoms with van der Waals surface area (Å²) in [4.78, 5) is 11.9. The topological polar surface area (TPSA) is 42.8 Å². The lowest BCUT2D eigenvalue weighted by Crippen LogP contribution is -2.77. The van der Waals surface area contributed by atoms with Gasteiger partial charge in [0.2, 0.25) is 0 Å². The second-order valence-electron chi connectivity index (χ2n) is 7.25. The highest BCUT2D eigenvalue weighted by Gasteiger charge is 2.55. The van der Waals surface area contributed by atoms with Crippen LogP contribution in [-0.4, -0.2) is 81.7 Å². The molecule has 0 unspecified atom stereocenters. The zero-order chi connectivity index (χ0) is 15.2. The number of aromatic nitrogens is 1. The molecule has 3 aliphatic rings. The number of hydrogen-bond donors (Lipinski definition) is 1. The van der Waals surface area contributed by atoms with Crippen LogP contribution in [0.15, 0.2) is 24.5 Å². The van der Waals surface area contributed by atoms with E-state index in [0.29, 0.717) is 6.04 Å². The van der Waals surface area contributed by atoms with Gasteiger partial charge in [-0.2, -0.15) is 0 Å². The van der Waals surface area contributed by atoms with Crippen LogP contribution >= 0.6 is 0 Å². The van der Waals surface area contributed by atoms with E-state index in [4.69, 9.17) is 0 Å². The van der Waals surface area contributed by atoms with Crippen molar-refractivity contribution in [3.63, 3.8) is 0 Å². The fraction of sp³-hybridized carbons (Fsp3) is 0.706. The summed E-state index contributed by atoms with van der Waals surface area (Å²) in [7, 11) is 0. The Kier molecular flexibility index (Phi) is 3.69. The Balaban J connectivity index is 1.45. The van der Waals surface area contributed by atoms with E-state index in [1.807, 2.05) is 18.5 Å². The van der Waals surface area contributed by atoms with Gasteiger partial charge >= 0.3 is 0 Å². The highest BCUT2D eigenvalue weighted by molar-refractivity contribution is 5.16. The van der Waals surface area contributed by atoms with E-state index in [-0.39, 0.29) is 11.6 Å². The van der Waals surface area contributed by atoms with Gasteiger partial charge in [0.15, 0.2) is 0 Å². The first-order valence-electron chi connectivity index (χ1n) is 8.47. The summed E-state index contributed by atoms with van der Waals surface area (Å²) in [6.45, 7) is 9.72. The normalized spacial score (nSPS) is 32.1. The Hall–Kier alpha value is -1.01. The fourth-order valence-electron chi connectivity index (χ4n) is 4.69. The highest BCUT2D eigenvalue weighted by Crippen LogP contribution is 2.39. The summed E-state index contributed by atoms with van der Waals surface area (Å²) in [6.07, 6.45) is 4.61. The molecule has 0 amide bonds. The molecule has 0 radical (unpaired) electrons. The van der Waals surface area contributed by atoms with Crippen molar-refractivity contribution in [3.8, 4) is 0 Å². The van der Waals surface area contributed by atoms with Gasteiger partial charge in [0.05, 0.1) is 11.6 Å². The molecule has 4 heterocycles. The van der Waals surface area contributed by atoms with Crippen molar-refractivity contribution in [3.05, 3.63) is 30.1 Å². The fourth-order valence-corrected chi connectivity index (χ4v) is 4.69. The van der Waals surface area contributed by atoms with Crippen LogP contribution in [0, 0.1) is 0 Å². The number of fused-ring (bicyclic) bond motifs is 2. The predicted octanol–water partition coefficient (Wildman–Crippen LogP) is 0.407. The average Bonchev–Trinajstić information content (AvgIpc) is 2.87. The molecule has 0 bridgehead atoms. The minimum Gasteiger partial charge on any atom is -0.392 e. The number of pyridine rings is 1. The van der Waals surface area contributed by atoms with E-state index < -0.39 is 0 Å². The number of likely N-dealkylation sites (N-methyl/N-ethyl adjacent to an activating group) is 1. The largest absolute Gasteiger partial charge is 0.392 e. The number of aliphatic hydroxyl groups excluding tert-OH is 1. The van der Waals surface area contributed by atoms with E-state index in [1.54, 1.807) is 0 Å². The maximum absolute atomic E-state index is 10.1. The van der Waals surface area contributed by atoms with Gasteiger partial charge in [-0.05, 0) is 24.6 Å². The number of hydrogen-bond acceptors (Lipinski definition) is 5. The molecule has 0 aliphatic carbocycles. The molecule has 2 atom stereocenters. The minimum atomic E-state index is -0.133. The summed E-state index contributed by atoms with van der Waals surface area (Å²) < 4.78 is 0. The molecule has 1 aromatic heterocycles. The molecule has 120 valence electrons. The van der Waals surface area contributed by atoms with E-state index in [0.717, 1.165) is 52.2 Å². The maximum Gasteiger partial charge on any atom is 0.0682 e. The Morgan fingerprint density at radius 3 is 2.82 bits per heavy atom. The van der Waals surface area contributed by atoms with Crippen molar-refractivity contribution in [1.29, 1.82) is 0 Å². The van der Waals surface area contributed by atoms with Crippen molar-refractivity contribution in [2.75, 3.05) is 39.3 Å². The van der Waals surface area contributed by atoms with Crippen molar-refractivity contribution < 1.29 is 5.11 Å². The number of likely N-dealkylation sites (tertiary alicyclic amines) is 1. The zero-order valence-corrected chi connectivity index (χ0v) is 13.4. The SMILES string of the molecule is CCN1C[C@@H]2C[C@@H](O)CN2C2(C1)CN(Cc1cccnc1)C2. The van der Waals surface area contributed by atoms with Gasteiger partial charge in [-0.15, -0.1) is 0 Å². The van der Waals surface area contributed by atoms with Gasteiger partial charge in [-0.3, -0.25) is 14.8 Å². The molecule has 5 nitrogen and oxygen atoms in total. The van der Waals surface area contributed by atoms with Crippen LogP contribution in [0.2, 0.25) is 0 Å². The summed E-state index contributed by atoms with van der Waals surface area (Å²) in [6, 6.07) is 4.71. The molecule has 22 heavy (non-hydrogen) atoms. The quantitative estimate of drug-likeness (QED) is 0.876. The molecular formula is C17H26N4O. The maximum atomic E-state index is 10.1. The van der Waals surface area contributed by atoms with E-state index in [9.17, 15) is 5.11 Å². The van der Waals surface area contributed by atoms with Crippen LogP contribution in [0.4, 0.5) is 0 Å². The zero-order valence-electron chi connectivity index (χ0n) is 13.4. The van der Waals surface area contributed by atoms with Gasteiger partial charge < -0.3 is 10.0 Å². The first-order chi connectivity index (χ1) is 10.7. The molecule has 1 N–H and O–H groups in total. The van der Waals surface area contributed by atoms with Crippen LogP contribution in [0.1, 0.15) is 18.9 Å². The third-order valence-electron chi connectivity index (χ3n) is 5.60. The first kappa shape index (κ1) is 14.6. The molecule has 3 saturated heterocycles. The van der Waals surface area contributed by atoms with Crippen molar-refractivity contribution >= 4 is 0 Å². The molecule has 1 spiro atoms. The smallest absolute Gasteiger partial charge is 0.0682 e. The number of piperazine rings is 1. The van der Waals surface area contributed by atoms with Gasteiger partial charge in [-0.1, -0.05) is 13.0 Å². The van der Waals surface area contributed by atoms with Gasteiger partial charge in [0.1, 0.15) is 0 Å². The second kappa shape index (κ2) is 5.57. The minimum absolute atomic E-state index is 0.133. The van der Waals surface area contributed by atoms with E-state index in [1.165, 1.54) is 5.56 Å². The van der Waals surface area contributed by atoms with Crippen LogP contribution in [-0.2, 0) is 6.54 Å². The van der Waals surface area contributed by atoms with Crippen molar-refractivity contribution in [1.82, 2.24) is 19.7 Å². The number of β-amino-alcohol motifs (C(OH)–C–C–N with tert-alkyl or cyclic N) is 1. The Bertz CT molecular complexity index is 517. The van der Waals surface area contributed by atoms with Crippen LogP contribution in [0.25, 0.3) is 0 Å². The summed E-state index contributed by atoms with van der Waals surface area (Å²) >= 11 is 0. The van der Waals surface area contributed by atoms with Crippen LogP contribution < -0.4 is 0 Å². The third kappa shape index (κ3) is 2.46. The number of nitrogens with zero attached hydrogens (tertiary/aromatic N) is 4. The molecule has 3 fully saturated rings. The van der Waals surface area contributed by atoms with E-state index >= 15 is 0 Å². The Labute approximate surface area is 132 Å². The Morgan fingerprint density at radius 2 is 2.09 bits per heavy atom. The number of aliphatic hydroxyl groups is 1. The molecular weight excluding hydrogens is 276 g/mol. The standard InChI is InChI=1S/C17H26N4O/c1-2-19-9-15-6-16(22)10-21(15)17(11-19)12-20(13-17)8-14-4-3-5-18-7-14/h3-5,7,15-16,22H,2,6,8-13H2,1H3/t15-,16+/m0/s1. The molecule has 1 aromatic rings. The molecule has 0 saturated carbocycles. The lowest BCUT2D eigenvalue weighted by atomic mass is 9.83. The van der Waals surface area contributed by atoms with Gasteiger partial charge in [-0.25, -0.2) is 0 Å². The molecule has 0 aromatic carbocycles. The highest BCUT2D eigenvalue weighted by atomic mass is 16.3.